The second-order valence-electron chi connectivity index (χ2n) is 4.38. The predicted molar refractivity (Wildman–Crippen MR) is 56.3 cm³/mol. The van der Waals surface area contributed by atoms with Crippen LogP contribution in [0.25, 0.3) is 0 Å². The van der Waals surface area contributed by atoms with Crippen LogP contribution < -0.4 is 3.64 Å². The Labute approximate surface area is 83.2 Å². The highest BCUT2D eigenvalue weighted by atomic mass is 127. The number of rotatable bonds is 1. The molecule has 1 rings (SSSR count). The molecule has 0 aromatic rings. The van der Waals surface area contributed by atoms with Crippen LogP contribution in [0.5, 0.6) is 0 Å². The van der Waals surface area contributed by atoms with Gasteiger partial charge in [0.2, 0.25) is 0 Å². The maximum Gasteiger partial charge on any atom is 0.0336 e. The normalized spacial score (nSPS) is 27.8. The SMILES string of the molecule is CC(C)(C)C1CCN(NI)C1. The van der Waals surface area contributed by atoms with Crippen molar-refractivity contribution in [2.24, 2.45) is 11.3 Å². The smallest absolute Gasteiger partial charge is 0.0336 e. The third kappa shape index (κ3) is 2.56. The molecule has 3 heteroatoms. The van der Waals surface area contributed by atoms with E-state index in [4.69, 9.17) is 0 Å². The summed E-state index contributed by atoms with van der Waals surface area (Å²) in [5.41, 5.74) is 0.474. The molecule has 1 aliphatic heterocycles. The molecular formula is C8H17IN2. The Morgan fingerprint density at radius 1 is 1.45 bits per heavy atom. The molecule has 1 saturated heterocycles. The summed E-state index contributed by atoms with van der Waals surface area (Å²) in [6.45, 7) is 9.38. The fraction of sp³-hybridized carbons (Fsp3) is 1.00. The highest BCUT2D eigenvalue weighted by molar-refractivity contribution is 14.1. The van der Waals surface area contributed by atoms with E-state index >= 15 is 0 Å². The molecule has 1 unspecified atom stereocenters. The molecule has 1 N–H and O–H groups in total. The first-order chi connectivity index (χ1) is 5.04. The van der Waals surface area contributed by atoms with Crippen molar-refractivity contribution in [3.8, 4) is 0 Å². The van der Waals surface area contributed by atoms with E-state index in [0.29, 0.717) is 5.41 Å². The average molecular weight is 268 g/mol. The van der Waals surface area contributed by atoms with Gasteiger partial charge in [0.1, 0.15) is 0 Å². The van der Waals surface area contributed by atoms with Gasteiger partial charge in [-0.2, -0.15) is 3.64 Å². The minimum absolute atomic E-state index is 0.474. The lowest BCUT2D eigenvalue weighted by atomic mass is 9.80. The first kappa shape index (κ1) is 9.74. The number of hydrogen-bond acceptors (Lipinski definition) is 2. The van der Waals surface area contributed by atoms with Gasteiger partial charge < -0.3 is 0 Å². The van der Waals surface area contributed by atoms with Gasteiger partial charge in [-0.15, -0.1) is 0 Å². The Kier molecular flexibility index (Phi) is 3.17. The molecule has 0 radical (unpaired) electrons. The molecule has 0 aromatic carbocycles. The van der Waals surface area contributed by atoms with Crippen LogP contribution in [0.4, 0.5) is 0 Å². The summed E-state index contributed by atoms with van der Waals surface area (Å²) in [5, 5.41) is 2.29. The van der Waals surface area contributed by atoms with Crippen LogP contribution in [-0.4, -0.2) is 18.1 Å². The Bertz CT molecular complexity index is 131. The topological polar surface area (TPSA) is 15.3 Å². The van der Waals surface area contributed by atoms with Crippen molar-refractivity contribution < 1.29 is 0 Å². The van der Waals surface area contributed by atoms with Gasteiger partial charge in [-0.3, -0.25) is 0 Å². The zero-order valence-corrected chi connectivity index (χ0v) is 9.68. The molecule has 1 atom stereocenters. The minimum Gasteiger partial charge on any atom is -0.235 e. The standard InChI is InChI=1S/C8H17IN2/c1-8(2,3)7-4-5-11(6-7)10-9/h7,10H,4-6H2,1-3H3. The average Bonchev–Trinajstić information content (AvgIpc) is 2.32. The summed E-state index contributed by atoms with van der Waals surface area (Å²) in [5.74, 6) is 0.852. The van der Waals surface area contributed by atoms with Crippen LogP contribution in [0.15, 0.2) is 0 Å². The first-order valence-electron chi connectivity index (χ1n) is 4.15. The molecule has 1 aliphatic rings. The van der Waals surface area contributed by atoms with Crippen LogP contribution in [0, 0.1) is 11.3 Å². The van der Waals surface area contributed by atoms with Crippen LogP contribution in [0.2, 0.25) is 0 Å². The van der Waals surface area contributed by atoms with E-state index in [9.17, 15) is 0 Å². The summed E-state index contributed by atoms with van der Waals surface area (Å²) in [6, 6.07) is 0. The third-order valence-electron chi connectivity index (χ3n) is 2.53. The molecule has 0 amide bonds. The lowest BCUT2D eigenvalue weighted by Crippen LogP contribution is -2.30. The largest absolute Gasteiger partial charge is 0.235 e. The number of halogens is 1. The lowest BCUT2D eigenvalue weighted by molar-refractivity contribution is 0.225. The molecule has 11 heavy (non-hydrogen) atoms. The summed E-state index contributed by atoms with van der Waals surface area (Å²) in [6.07, 6.45) is 1.33. The lowest BCUT2D eigenvalue weighted by Gasteiger charge is -2.26. The molecule has 0 aromatic heterocycles. The molecule has 66 valence electrons. The van der Waals surface area contributed by atoms with Crippen molar-refractivity contribution in [2.45, 2.75) is 27.2 Å². The maximum absolute atomic E-state index is 3.17. The number of nitrogens with one attached hydrogen (secondary N) is 1. The van der Waals surface area contributed by atoms with Gasteiger partial charge in [0.05, 0.1) is 0 Å². The first-order valence-corrected chi connectivity index (χ1v) is 5.23. The molecular weight excluding hydrogens is 251 g/mol. The predicted octanol–water partition coefficient (Wildman–Crippen LogP) is 2.21. The molecule has 0 bridgehead atoms. The number of hydrazine groups is 1. The maximum atomic E-state index is 3.17. The van der Waals surface area contributed by atoms with E-state index in [2.05, 4.69) is 52.3 Å². The van der Waals surface area contributed by atoms with E-state index < -0.39 is 0 Å². The Hall–Kier alpha value is 0.650. The second kappa shape index (κ2) is 3.58. The van der Waals surface area contributed by atoms with Crippen LogP contribution >= 0.6 is 22.9 Å². The van der Waals surface area contributed by atoms with Crippen LogP contribution in [-0.2, 0) is 0 Å². The Balaban J connectivity index is 2.42. The zero-order chi connectivity index (χ0) is 8.48. The quantitative estimate of drug-likeness (QED) is 0.579. The fourth-order valence-corrected chi connectivity index (χ4v) is 1.98. The van der Waals surface area contributed by atoms with Gasteiger partial charge in [-0.1, -0.05) is 20.8 Å². The third-order valence-corrected chi connectivity index (χ3v) is 3.21. The fourth-order valence-electron chi connectivity index (χ4n) is 1.54. The molecule has 0 aliphatic carbocycles. The van der Waals surface area contributed by atoms with E-state index in [1.54, 1.807) is 0 Å². The highest BCUT2D eigenvalue weighted by Gasteiger charge is 2.31. The number of nitrogens with zero attached hydrogens (tertiary/aromatic N) is 1. The molecule has 2 nitrogen and oxygen atoms in total. The summed E-state index contributed by atoms with van der Waals surface area (Å²) < 4.78 is 3.17. The molecule has 1 heterocycles. The van der Waals surface area contributed by atoms with Crippen LogP contribution in [0.3, 0.4) is 0 Å². The van der Waals surface area contributed by atoms with Gasteiger partial charge in [0.15, 0.2) is 0 Å². The van der Waals surface area contributed by atoms with Crippen molar-refractivity contribution in [1.29, 1.82) is 0 Å². The summed E-state index contributed by atoms with van der Waals surface area (Å²) >= 11 is 2.20. The highest BCUT2D eigenvalue weighted by Crippen LogP contribution is 2.32. The summed E-state index contributed by atoms with van der Waals surface area (Å²) in [4.78, 5) is 0. The Morgan fingerprint density at radius 3 is 2.36 bits per heavy atom. The summed E-state index contributed by atoms with van der Waals surface area (Å²) in [7, 11) is 0. The van der Waals surface area contributed by atoms with Crippen molar-refractivity contribution in [3.05, 3.63) is 0 Å². The van der Waals surface area contributed by atoms with Gasteiger partial charge >= 0.3 is 0 Å². The van der Waals surface area contributed by atoms with E-state index in [-0.39, 0.29) is 0 Å². The molecule has 0 saturated carbocycles. The van der Waals surface area contributed by atoms with Crippen molar-refractivity contribution >= 4 is 22.9 Å². The molecule has 0 spiro atoms. The second-order valence-corrected chi connectivity index (χ2v) is 4.86. The monoisotopic (exact) mass is 268 g/mol. The van der Waals surface area contributed by atoms with Crippen molar-refractivity contribution in [1.82, 2.24) is 8.65 Å². The van der Waals surface area contributed by atoms with Gasteiger partial charge in [0, 0.05) is 36.0 Å². The van der Waals surface area contributed by atoms with E-state index in [0.717, 1.165) is 5.92 Å². The number of hydrogen-bond donors (Lipinski definition) is 1. The van der Waals surface area contributed by atoms with Crippen LogP contribution in [0.1, 0.15) is 27.2 Å². The van der Waals surface area contributed by atoms with E-state index in [1.165, 1.54) is 19.5 Å². The van der Waals surface area contributed by atoms with Gasteiger partial charge in [-0.05, 0) is 17.8 Å². The van der Waals surface area contributed by atoms with Crippen molar-refractivity contribution in [3.63, 3.8) is 0 Å². The van der Waals surface area contributed by atoms with Crippen molar-refractivity contribution in [2.75, 3.05) is 13.1 Å². The van der Waals surface area contributed by atoms with Gasteiger partial charge in [0.25, 0.3) is 0 Å². The molecule has 1 fully saturated rings. The van der Waals surface area contributed by atoms with E-state index in [1.807, 2.05) is 0 Å². The Morgan fingerprint density at radius 2 is 2.09 bits per heavy atom. The minimum atomic E-state index is 0.474. The van der Waals surface area contributed by atoms with Gasteiger partial charge in [-0.25, -0.2) is 5.01 Å². The zero-order valence-electron chi connectivity index (χ0n) is 7.52.